The highest BCUT2D eigenvalue weighted by Crippen LogP contribution is 2.40. The Labute approximate surface area is 125 Å². The largest absolute Gasteiger partial charge is 0.444 e. The van der Waals surface area contributed by atoms with Crippen molar-refractivity contribution in [2.45, 2.75) is 39.2 Å². The average molecular weight is 303 g/mol. The Morgan fingerprint density at radius 2 is 1.70 bits per heavy atom. The SMILES string of the molecule is CC(C)(C)OC(=O)N1CC2(CCN(C(=O)CCl)CC2)C1. The van der Waals surface area contributed by atoms with Gasteiger partial charge in [0.2, 0.25) is 5.91 Å². The maximum atomic E-state index is 11.9. The summed E-state index contributed by atoms with van der Waals surface area (Å²) in [7, 11) is 0. The second-order valence-electron chi connectivity index (χ2n) is 6.85. The Hall–Kier alpha value is -0.970. The Morgan fingerprint density at radius 3 is 2.15 bits per heavy atom. The summed E-state index contributed by atoms with van der Waals surface area (Å²) in [4.78, 5) is 27.0. The molecule has 6 heteroatoms. The zero-order chi connectivity index (χ0) is 15.0. The van der Waals surface area contributed by atoms with Gasteiger partial charge in [-0.05, 0) is 33.6 Å². The number of nitrogens with zero attached hydrogens (tertiary/aromatic N) is 2. The van der Waals surface area contributed by atoms with Crippen LogP contribution in [0.3, 0.4) is 0 Å². The summed E-state index contributed by atoms with van der Waals surface area (Å²) in [5.41, 5.74) is -0.268. The highest BCUT2D eigenvalue weighted by molar-refractivity contribution is 6.27. The molecule has 2 rings (SSSR count). The van der Waals surface area contributed by atoms with Crippen molar-refractivity contribution in [2.24, 2.45) is 5.41 Å². The van der Waals surface area contributed by atoms with Crippen molar-refractivity contribution >= 4 is 23.6 Å². The van der Waals surface area contributed by atoms with Gasteiger partial charge in [0, 0.05) is 31.6 Å². The summed E-state index contributed by atoms with van der Waals surface area (Å²) in [6.45, 7) is 8.58. The van der Waals surface area contributed by atoms with Gasteiger partial charge in [0.25, 0.3) is 0 Å². The molecule has 0 aliphatic carbocycles. The number of rotatable bonds is 1. The molecule has 20 heavy (non-hydrogen) atoms. The number of ether oxygens (including phenoxy) is 1. The van der Waals surface area contributed by atoms with E-state index in [0.717, 1.165) is 39.0 Å². The molecule has 0 radical (unpaired) electrons. The van der Waals surface area contributed by atoms with E-state index in [4.69, 9.17) is 16.3 Å². The van der Waals surface area contributed by atoms with E-state index in [2.05, 4.69) is 0 Å². The lowest BCUT2D eigenvalue weighted by atomic mass is 9.72. The first-order chi connectivity index (χ1) is 9.25. The number of carbonyl (C=O) groups excluding carboxylic acids is 2. The zero-order valence-electron chi connectivity index (χ0n) is 12.4. The number of carbonyl (C=O) groups is 2. The van der Waals surface area contributed by atoms with Crippen LogP contribution in [0.4, 0.5) is 4.79 Å². The predicted molar refractivity (Wildman–Crippen MR) is 76.8 cm³/mol. The maximum absolute atomic E-state index is 11.9. The molecule has 5 nitrogen and oxygen atoms in total. The first-order valence-corrected chi connectivity index (χ1v) is 7.60. The van der Waals surface area contributed by atoms with Crippen molar-refractivity contribution < 1.29 is 14.3 Å². The van der Waals surface area contributed by atoms with E-state index in [1.165, 1.54) is 0 Å². The summed E-state index contributed by atoms with van der Waals surface area (Å²) in [6.07, 6.45) is 1.64. The van der Waals surface area contributed by atoms with Crippen LogP contribution < -0.4 is 0 Å². The molecule has 2 fully saturated rings. The highest BCUT2D eigenvalue weighted by atomic mass is 35.5. The Morgan fingerprint density at radius 1 is 1.15 bits per heavy atom. The average Bonchev–Trinajstić information content (AvgIpc) is 2.33. The number of hydrogen-bond acceptors (Lipinski definition) is 3. The predicted octanol–water partition coefficient (Wildman–Crippen LogP) is 2.08. The fourth-order valence-corrected chi connectivity index (χ4v) is 3.02. The van der Waals surface area contributed by atoms with Crippen LogP contribution in [0.25, 0.3) is 0 Å². The molecular formula is C14H23ClN2O3. The van der Waals surface area contributed by atoms with Gasteiger partial charge in [0.05, 0.1) is 0 Å². The summed E-state index contributed by atoms with van der Waals surface area (Å²) in [6, 6.07) is 0. The monoisotopic (exact) mass is 302 g/mol. The lowest BCUT2D eigenvalue weighted by molar-refractivity contribution is -0.133. The van der Waals surface area contributed by atoms with E-state index in [1.807, 2.05) is 25.7 Å². The van der Waals surface area contributed by atoms with Crippen molar-refractivity contribution in [3.8, 4) is 0 Å². The van der Waals surface area contributed by atoms with E-state index in [-0.39, 0.29) is 23.3 Å². The smallest absolute Gasteiger partial charge is 0.410 e. The van der Waals surface area contributed by atoms with Crippen molar-refractivity contribution in [2.75, 3.05) is 32.1 Å². The number of amides is 2. The molecule has 2 saturated heterocycles. The number of hydrogen-bond donors (Lipinski definition) is 0. The van der Waals surface area contributed by atoms with E-state index < -0.39 is 5.60 Å². The van der Waals surface area contributed by atoms with Crippen LogP contribution in [0.2, 0.25) is 0 Å². The lowest BCUT2D eigenvalue weighted by Gasteiger charge is -2.53. The van der Waals surface area contributed by atoms with Crippen LogP contribution in [-0.4, -0.2) is 59.5 Å². The van der Waals surface area contributed by atoms with Crippen molar-refractivity contribution in [1.82, 2.24) is 9.80 Å². The molecule has 2 aliphatic heterocycles. The fraction of sp³-hybridized carbons (Fsp3) is 0.857. The Kier molecular flexibility index (Phi) is 4.19. The summed E-state index contributed by atoms with van der Waals surface area (Å²) >= 11 is 5.57. The Balaban J connectivity index is 1.79. The normalized spacial score (nSPS) is 21.6. The van der Waals surface area contributed by atoms with Crippen LogP contribution in [0, 0.1) is 5.41 Å². The van der Waals surface area contributed by atoms with Crippen LogP contribution in [0.15, 0.2) is 0 Å². The van der Waals surface area contributed by atoms with Gasteiger partial charge in [-0.3, -0.25) is 4.79 Å². The Bertz CT molecular complexity index is 390. The fourth-order valence-electron chi connectivity index (χ4n) is 2.85. The molecule has 0 aromatic heterocycles. The molecule has 2 aliphatic rings. The van der Waals surface area contributed by atoms with Gasteiger partial charge >= 0.3 is 6.09 Å². The first kappa shape index (κ1) is 15.4. The number of piperidine rings is 1. The number of alkyl halides is 1. The molecule has 1 spiro atoms. The molecule has 114 valence electrons. The third-order valence-electron chi connectivity index (χ3n) is 4.00. The molecule has 0 N–H and O–H groups in total. The van der Waals surface area contributed by atoms with Gasteiger partial charge < -0.3 is 14.5 Å². The number of halogens is 1. The summed E-state index contributed by atoms with van der Waals surface area (Å²) in [5, 5.41) is 0. The van der Waals surface area contributed by atoms with Gasteiger partial charge in [0.1, 0.15) is 11.5 Å². The molecule has 0 atom stereocenters. The van der Waals surface area contributed by atoms with Crippen LogP contribution >= 0.6 is 11.6 Å². The second kappa shape index (κ2) is 5.43. The molecule has 0 bridgehead atoms. The van der Waals surface area contributed by atoms with Crippen LogP contribution in [0.1, 0.15) is 33.6 Å². The molecule has 0 saturated carbocycles. The minimum Gasteiger partial charge on any atom is -0.444 e. The topological polar surface area (TPSA) is 49.9 Å². The lowest BCUT2D eigenvalue weighted by Crippen LogP contribution is -2.62. The molecule has 0 unspecified atom stereocenters. The summed E-state index contributed by atoms with van der Waals surface area (Å²) < 4.78 is 5.36. The highest BCUT2D eigenvalue weighted by Gasteiger charge is 2.48. The van der Waals surface area contributed by atoms with E-state index in [1.54, 1.807) is 4.90 Å². The molecule has 0 aromatic carbocycles. The zero-order valence-corrected chi connectivity index (χ0v) is 13.2. The van der Waals surface area contributed by atoms with Gasteiger partial charge in [-0.15, -0.1) is 11.6 Å². The van der Waals surface area contributed by atoms with E-state index in [0.29, 0.717) is 0 Å². The van der Waals surface area contributed by atoms with E-state index >= 15 is 0 Å². The first-order valence-electron chi connectivity index (χ1n) is 7.06. The molecule has 2 heterocycles. The summed E-state index contributed by atoms with van der Waals surface area (Å²) in [5.74, 6) is 0.0571. The number of likely N-dealkylation sites (tertiary alicyclic amines) is 2. The maximum Gasteiger partial charge on any atom is 0.410 e. The quantitative estimate of drug-likeness (QED) is 0.697. The standard InChI is InChI=1S/C14H23ClN2O3/c1-13(2,3)20-12(19)17-9-14(10-17)4-6-16(7-5-14)11(18)8-15/h4-10H2,1-3H3. The van der Waals surface area contributed by atoms with Gasteiger partial charge in [-0.1, -0.05) is 0 Å². The third kappa shape index (κ3) is 3.37. The molecule has 0 aromatic rings. The molecule has 2 amide bonds. The van der Waals surface area contributed by atoms with Gasteiger partial charge in [0.15, 0.2) is 0 Å². The van der Waals surface area contributed by atoms with E-state index in [9.17, 15) is 9.59 Å². The minimum atomic E-state index is -0.448. The second-order valence-corrected chi connectivity index (χ2v) is 7.12. The molecular weight excluding hydrogens is 280 g/mol. The minimum absolute atomic E-state index is 0.00448. The van der Waals surface area contributed by atoms with Crippen molar-refractivity contribution in [1.29, 1.82) is 0 Å². The van der Waals surface area contributed by atoms with Crippen LogP contribution in [0.5, 0.6) is 0 Å². The van der Waals surface area contributed by atoms with Gasteiger partial charge in [-0.25, -0.2) is 4.79 Å². The third-order valence-corrected chi connectivity index (χ3v) is 4.22. The van der Waals surface area contributed by atoms with Crippen molar-refractivity contribution in [3.05, 3.63) is 0 Å². The van der Waals surface area contributed by atoms with Crippen molar-refractivity contribution in [3.63, 3.8) is 0 Å². The van der Waals surface area contributed by atoms with Crippen LogP contribution in [-0.2, 0) is 9.53 Å². The van der Waals surface area contributed by atoms with Gasteiger partial charge in [-0.2, -0.15) is 0 Å².